The van der Waals surface area contributed by atoms with E-state index in [4.69, 9.17) is 4.42 Å². The van der Waals surface area contributed by atoms with Crippen molar-refractivity contribution in [3.8, 4) is 5.69 Å². The maximum absolute atomic E-state index is 13.1. The maximum Gasteiger partial charge on any atom is 0.295 e. The van der Waals surface area contributed by atoms with Crippen molar-refractivity contribution in [3.05, 3.63) is 65.8 Å². The van der Waals surface area contributed by atoms with E-state index in [1.54, 1.807) is 44.2 Å². The van der Waals surface area contributed by atoms with Crippen LogP contribution in [-0.2, 0) is 0 Å². The summed E-state index contributed by atoms with van der Waals surface area (Å²) in [5.41, 5.74) is 2.48. The molecule has 0 saturated carbocycles. The molecule has 4 aromatic rings. The molecule has 8 heteroatoms. The fraction of sp³-hybridized carbons (Fsp3) is 0.111. The summed E-state index contributed by atoms with van der Waals surface area (Å²) in [5.74, 6) is 0.294. The average Bonchev–Trinajstić information content (AvgIpc) is 3.17. The molecule has 0 aliphatic heterocycles. The first-order chi connectivity index (χ1) is 12.5. The number of hydrogen-bond donors (Lipinski definition) is 1. The first-order valence-corrected chi connectivity index (χ1v) is 7.88. The molecular weight excluding hydrogens is 337 g/mol. The van der Waals surface area contributed by atoms with Gasteiger partial charge in [-0.15, -0.1) is 5.10 Å². The number of nitrogens with zero attached hydrogens (tertiary/aromatic N) is 4. The Hall–Kier alpha value is -3.55. The lowest BCUT2D eigenvalue weighted by atomic mass is 10.3. The van der Waals surface area contributed by atoms with Crippen LogP contribution in [0.3, 0.4) is 0 Å². The van der Waals surface area contributed by atoms with Crippen LogP contribution in [0.25, 0.3) is 16.8 Å². The van der Waals surface area contributed by atoms with Gasteiger partial charge in [-0.1, -0.05) is 0 Å². The van der Waals surface area contributed by atoms with Crippen molar-refractivity contribution in [1.82, 2.24) is 19.7 Å². The van der Waals surface area contributed by atoms with E-state index in [2.05, 4.69) is 20.4 Å². The second-order valence-corrected chi connectivity index (χ2v) is 5.74. The number of aromatic nitrogens is 4. The van der Waals surface area contributed by atoms with Crippen LogP contribution in [-0.4, -0.2) is 25.7 Å². The zero-order valence-electron chi connectivity index (χ0n) is 14.0. The molecule has 1 amide bonds. The number of fused-ring (bicyclic) bond motifs is 1. The first-order valence-electron chi connectivity index (χ1n) is 7.88. The molecule has 0 spiro atoms. The monoisotopic (exact) mass is 351 g/mol. The van der Waals surface area contributed by atoms with E-state index in [-0.39, 0.29) is 11.6 Å². The molecular formula is C18H14FN5O2. The van der Waals surface area contributed by atoms with Crippen molar-refractivity contribution in [2.75, 3.05) is 5.32 Å². The van der Waals surface area contributed by atoms with Gasteiger partial charge in [0.05, 0.1) is 5.69 Å². The van der Waals surface area contributed by atoms with Crippen molar-refractivity contribution >= 4 is 22.7 Å². The molecule has 0 unspecified atom stereocenters. The van der Waals surface area contributed by atoms with E-state index in [1.165, 1.54) is 16.8 Å². The molecule has 2 heterocycles. The third-order valence-corrected chi connectivity index (χ3v) is 3.80. The zero-order chi connectivity index (χ0) is 18.3. The molecule has 2 aromatic carbocycles. The molecule has 1 N–H and O–H groups in total. The van der Waals surface area contributed by atoms with E-state index < -0.39 is 5.91 Å². The number of aryl methyl sites for hydroxylation is 2. The van der Waals surface area contributed by atoms with Gasteiger partial charge in [0.25, 0.3) is 5.91 Å². The van der Waals surface area contributed by atoms with Gasteiger partial charge >= 0.3 is 0 Å². The molecule has 0 saturated heterocycles. The maximum atomic E-state index is 13.1. The summed E-state index contributed by atoms with van der Waals surface area (Å²) in [6.45, 7) is 3.48. The number of amides is 1. The third-order valence-electron chi connectivity index (χ3n) is 3.80. The van der Waals surface area contributed by atoms with Gasteiger partial charge in [0.1, 0.15) is 17.2 Å². The summed E-state index contributed by atoms with van der Waals surface area (Å²) in [4.78, 5) is 20.9. The summed E-state index contributed by atoms with van der Waals surface area (Å²) in [6.07, 6.45) is 0. The highest BCUT2D eigenvalue weighted by molar-refractivity contribution is 6.02. The Morgan fingerprint density at radius 3 is 2.65 bits per heavy atom. The van der Waals surface area contributed by atoms with E-state index in [9.17, 15) is 9.18 Å². The molecule has 26 heavy (non-hydrogen) atoms. The van der Waals surface area contributed by atoms with Gasteiger partial charge in [0.2, 0.25) is 5.82 Å². The number of carbonyl (C=O) groups is 1. The number of oxazole rings is 1. The van der Waals surface area contributed by atoms with E-state index in [1.807, 2.05) is 0 Å². The van der Waals surface area contributed by atoms with Gasteiger partial charge < -0.3 is 9.73 Å². The van der Waals surface area contributed by atoms with Crippen LogP contribution in [0.2, 0.25) is 0 Å². The normalized spacial score (nSPS) is 11.0. The van der Waals surface area contributed by atoms with E-state index in [0.717, 1.165) is 0 Å². The number of anilines is 1. The molecule has 0 fully saturated rings. The molecule has 0 aliphatic rings. The van der Waals surface area contributed by atoms with Crippen LogP contribution >= 0.6 is 0 Å². The average molecular weight is 351 g/mol. The van der Waals surface area contributed by atoms with Gasteiger partial charge in [-0.05, 0) is 49.4 Å². The molecule has 2 aromatic heterocycles. The Kier molecular flexibility index (Phi) is 3.72. The van der Waals surface area contributed by atoms with Crippen LogP contribution in [0.5, 0.6) is 0 Å². The molecule has 4 rings (SSSR count). The fourth-order valence-electron chi connectivity index (χ4n) is 2.62. The Morgan fingerprint density at radius 1 is 1.12 bits per heavy atom. The standard InChI is InChI=1S/C18H14FN5O2/c1-10-20-17(23-24(10)14-6-3-12(19)4-7-14)18(25)22-13-5-8-16-15(9-13)21-11(2)26-16/h3-9H,1-2H3,(H,22,25). The molecule has 0 bridgehead atoms. The van der Waals surface area contributed by atoms with Crippen molar-refractivity contribution in [2.45, 2.75) is 13.8 Å². The van der Waals surface area contributed by atoms with Crippen molar-refractivity contribution in [1.29, 1.82) is 0 Å². The quantitative estimate of drug-likeness (QED) is 0.611. The van der Waals surface area contributed by atoms with Crippen molar-refractivity contribution in [2.24, 2.45) is 0 Å². The minimum absolute atomic E-state index is 0.0169. The fourth-order valence-corrected chi connectivity index (χ4v) is 2.62. The molecule has 7 nitrogen and oxygen atoms in total. The predicted molar refractivity (Wildman–Crippen MR) is 92.8 cm³/mol. The van der Waals surface area contributed by atoms with Gasteiger partial charge in [-0.2, -0.15) is 0 Å². The van der Waals surface area contributed by atoms with Gasteiger partial charge in [0, 0.05) is 12.6 Å². The summed E-state index contributed by atoms with van der Waals surface area (Å²) in [5, 5.41) is 6.95. The zero-order valence-corrected chi connectivity index (χ0v) is 14.0. The SMILES string of the molecule is Cc1nc2cc(NC(=O)c3nc(C)n(-c4ccc(F)cc4)n3)ccc2o1. The molecule has 130 valence electrons. The Balaban J connectivity index is 1.59. The molecule has 0 atom stereocenters. The van der Waals surface area contributed by atoms with Crippen LogP contribution in [0.1, 0.15) is 22.3 Å². The molecule has 0 aliphatic carbocycles. The van der Waals surface area contributed by atoms with E-state index >= 15 is 0 Å². The second kappa shape index (κ2) is 6.07. The van der Waals surface area contributed by atoms with Crippen LogP contribution in [0, 0.1) is 19.7 Å². The number of carbonyl (C=O) groups excluding carboxylic acids is 1. The highest BCUT2D eigenvalue weighted by Gasteiger charge is 2.16. The van der Waals surface area contributed by atoms with Gasteiger partial charge in [0.15, 0.2) is 11.5 Å². The summed E-state index contributed by atoms with van der Waals surface area (Å²) < 4.78 is 20.0. The number of halogens is 1. The molecule has 0 radical (unpaired) electrons. The van der Waals surface area contributed by atoms with Crippen LogP contribution in [0.4, 0.5) is 10.1 Å². The topological polar surface area (TPSA) is 85.8 Å². The van der Waals surface area contributed by atoms with Gasteiger partial charge in [-0.25, -0.2) is 19.0 Å². The smallest absolute Gasteiger partial charge is 0.295 e. The van der Waals surface area contributed by atoms with Crippen molar-refractivity contribution < 1.29 is 13.6 Å². The summed E-state index contributed by atoms with van der Waals surface area (Å²) in [6, 6.07) is 11.0. The van der Waals surface area contributed by atoms with Crippen LogP contribution in [0.15, 0.2) is 46.9 Å². The van der Waals surface area contributed by atoms with E-state index in [0.29, 0.717) is 34.2 Å². The third kappa shape index (κ3) is 2.92. The minimum Gasteiger partial charge on any atom is -0.441 e. The lowest BCUT2D eigenvalue weighted by Crippen LogP contribution is -2.14. The Bertz CT molecular complexity index is 1110. The lowest BCUT2D eigenvalue weighted by molar-refractivity contribution is 0.101. The largest absolute Gasteiger partial charge is 0.441 e. The highest BCUT2D eigenvalue weighted by atomic mass is 19.1. The van der Waals surface area contributed by atoms with Crippen molar-refractivity contribution in [3.63, 3.8) is 0 Å². The lowest BCUT2D eigenvalue weighted by Gasteiger charge is -2.02. The highest BCUT2D eigenvalue weighted by Crippen LogP contribution is 2.20. The number of benzene rings is 2. The van der Waals surface area contributed by atoms with Gasteiger partial charge in [-0.3, -0.25) is 4.79 Å². The second-order valence-electron chi connectivity index (χ2n) is 5.74. The Morgan fingerprint density at radius 2 is 1.88 bits per heavy atom. The number of rotatable bonds is 3. The Labute approximate surface area is 147 Å². The summed E-state index contributed by atoms with van der Waals surface area (Å²) in [7, 11) is 0. The van der Waals surface area contributed by atoms with Crippen LogP contribution < -0.4 is 5.32 Å². The summed E-state index contributed by atoms with van der Waals surface area (Å²) >= 11 is 0. The first kappa shape index (κ1) is 15.9. The predicted octanol–water partition coefficient (Wildman–Crippen LogP) is 3.42. The minimum atomic E-state index is -0.450. The number of nitrogens with one attached hydrogen (secondary N) is 1. The number of hydrogen-bond acceptors (Lipinski definition) is 5.